The van der Waals surface area contributed by atoms with E-state index in [0.717, 1.165) is 12.8 Å². The summed E-state index contributed by atoms with van der Waals surface area (Å²) in [6, 6.07) is 5.36. The Kier molecular flexibility index (Phi) is 4.02. The smallest absolute Gasteiger partial charge is 0.296 e. The minimum atomic E-state index is -0.361. The van der Waals surface area contributed by atoms with Crippen LogP contribution < -0.4 is 10.1 Å². The first kappa shape index (κ1) is 12.7. The number of hydrogen-bond acceptors (Lipinski definition) is 4. The lowest BCUT2D eigenvalue weighted by Gasteiger charge is -2.14. The van der Waals surface area contributed by atoms with Crippen LogP contribution in [0.4, 0.5) is 11.4 Å². The number of hydrogen-bond donors (Lipinski definition) is 1. The lowest BCUT2D eigenvalue weighted by atomic mass is 10.2. The Morgan fingerprint density at radius 3 is 2.78 bits per heavy atom. The highest BCUT2D eigenvalue weighted by atomic mass is 16.6. The molecular formula is C13H18N2O3. The number of anilines is 1. The Balaban J connectivity index is 2.19. The van der Waals surface area contributed by atoms with Gasteiger partial charge < -0.3 is 10.1 Å². The molecule has 0 heterocycles. The Morgan fingerprint density at radius 1 is 1.44 bits per heavy atom. The van der Waals surface area contributed by atoms with E-state index in [0.29, 0.717) is 24.1 Å². The number of nitrogens with zero attached hydrogens (tertiary/aromatic N) is 1. The van der Waals surface area contributed by atoms with E-state index in [2.05, 4.69) is 5.32 Å². The Morgan fingerprint density at radius 2 is 2.17 bits per heavy atom. The second kappa shape index (κ2) is 5.71. The monoisotopic (exact) mass is 250 g/mol. The van der Waals surface area contributed by atoms with Crippen molar-refractivity contribution in [1.82, 2.24) is 0 Å². The van der Waals surface area contributed by atoms with Crippen LogP contribution in [0.5, 0.6) is 5.75 Å². The van der Waals surface area contributed by atoms with Crippen LogP contribution >= 0.6 is 0 Å². The summed E-state index contributed by atoms with van der Waals surface area (Å²) >= 11 is 0. The third kappa shape index (κ3) is 2.91. The maximum absolute atomic E-state index is 11.1. The van der Waals surface area contributed by atoms with Crippen LogP contribution in [0.1, 0.15) is 32.6 Å². The maximum Gasteiger partial charge on any atom is 0.296 e. The van der Waals surface area contributed by atoms with Crippen LogP contribution in [0.25, 0.3) is 0 Å². The summed E-state index contributed by atoms with van der Waals surface area (Å²) in [5, 5.41) is 14.3. The molecule has 0 spiro atoms. The van der Waals surface area contributed by atoms with Gasteiger partial charge in [-0.05, 0) is 31.9 Å². The summed E-state index contributed by atoms with van der Waals surface area (Å²) in [4.78, 5) is 10.7. The second-order valence-corrected chi connectivity index (χ2v) is 4.49. The van der Waals surface area contributed by atoms with E-state index in [4.69, 9.17) is 4.74 Å². The molecule has 0 radical (unpaired) electrons. The number of rotatable bonds is 5. The van der Waals surface area contributed by atoms with Crippen LogP contribution in [0.2, 0.25) is 0 Å². The zero-order chi connectivity index (χ0) is 13.0. The van der Waals surface area contributed by atoms with Crippen molar-refractivity contribution in [2.75, 3.05) is 11.9 Å². The molecule has 5 heteroatoms. The van der Waals surface area contributed by atoms with Crippen LogP contribution in [0, 0.1) is 10.1 Å². The normalized spacial score (nSPS) is 15.6. The molecule has 0 aromatic heterocycles. The minimum Gasteiger partial charge on any atom is -0.494 e. The van der Waals surface area contributed by atoms with Crippen LogP contribution in [0.3, 0.4) is 0 Å². The molecule has 0 saturated heterocycles. The van der Waals surface area contributed by atoms with Gasteiger partial charge in [-0.1, -0.05) is 12.8 Å². The lowest BCUT2D eigenvalue weighted by molar-refractivity contribution is -0.384. The predicted octanol–water partition coefficient (Wildman–Crippen LogP) is 3.35. The molecule has 1 aliphatic rings. The molecule has 5 nitrogen and oxygen atoms in total. The van der Waals surface area contributed by atoms with E-state index >= 15 is 0 Å². The first-order chi connectivity index (χ1) is 8.70. The summed E-state index contributed by atoms with van der Waals surface area (Å²) in [6.07, 6.45) is 4.57. The van der Waals surface area contributed by atoms with E-state index < -0.39 is 0 Å². The van der Waals surface area contributed by atoms with Crippen molar-refractivity contribution in [2.24, 2.45) is 0 Å². The van der Waals surface area contributed by atoms with Gasteiger partial charge in [0.1, 0.15) is 11.4 Å². The van der Waals surface area contributed by atoms with Crippen molar-refractivity contribution in [3.63, 3.8) is 0 Å². The predicted molar refractivity (Wildman–Crippen MR) is 70.1 cm³/mol. The zero-order valence-corrected chi connectivity index (χ0v) is 10.5. The summed E-state index contributed by atoms with van der Waals surface area (Å²) < 4.78 is 5.29. The Hall–Kier alpha value is -1.78. The summed E-state index contributed by atoms with van der Waals surface area (Å²) in [5.74, 6) is 0.543. The standard InChI is InChI=1S/C13H18N2O3/c1-2-18-11-7-8-12(13(9-11)15(16)17)14-10-5-3-4-6-10/h7-10,14H,2-6H2,1H3. The second-order valence-electron chi connectivity index (χ2n) is 4.49. The van der Waals surface area contributed by atoms with E-state index in [1.807, 2.05) is 6.92 Å². The molecule has 0 aliphatic heterocycles. The molecule has 1 fully saturated rings. The molecule has 1 aromatic carbocycles. The fraction of sp³-hybridized carbons (Fsp3) is 0.538. The SMILES string of the molecule is CCOc1ccc(NC2CCCC2)c([N+](=O)[O-])c1. The number of nitro groups is 1. The highest BCUT2D eigenvalue weighted by Gasteiger charge is 2.20. The van der Waals surface area contributed by atoms with Crippen LogP contribution in [-0.4, -0.2) is 17.6 Å². The molecule has 1 N–H and O–H groups in total. The van der Waals surface area contributed by atoms with Crippen LogP contribution in [-0.2, 0) is 0 Å². The van der Waals surface area contributed by atoms with Crippen molar-refractivity contribution >= 4 is 11.4 Å². The molecule has 18 heavy (non-hydrogen) atoms. The van der Waals surface area contributed by atoms with Crippen molar-refractivity contribution in [3.8, 4) is 5.75 Å². The maximum atomic E-state index is 11.1. The minimum absolute atomic E-state index is 0.0906. The van der Waals surface area contributed by atoms with E-state index in [9.17, 15) is 10.1 Å². The van der Waals surface area contributed by atoms with Gasteiger partial charge in [0.25, 0.3) is 5.69 Å². The molecule has 1 saturated carbocycles. The molecule has 0 unspecified atom stereocenters. The summed E-state index contributed by atoms with van der Waals surface area (Å²) in [7, 11) is 0. The van der Waals surface area contributed by atoms with Gasteiger partial charge in [0, 0.05) is 6.04 Å². The first-order valence-electron chi connectivity index (χ1n) is 6.38. The Labute approximate surface area is 106 Å². The molecule has 0 bridgehead atoms. The summed E-state index contributed by atoms with van der Waals surface area (Å²) in [5.41, 5.74) is 0.684. The number of benzene rings is 1. The highest BCUT2D eigenvalue weighted by molar-refractivity contribution is 5.64. The molecule has 0 amide bonds. The lowest BCUT2D eigenvalue weighted by Crippen LogP contribution is -2.15. The molecule has 1 aromatic rings. The van der Waals surface area contributed by atoms with Gasteiger partial charge in [0.2, 0.25) is 0 Å². The van der Waals surface area contributed by atoms with E-state index in [1.165, 1.54) is 18.9 Å². The molecular weight excluding hydrogens is 232 g/mol. The van der Waals surface area contributed by atoms with Gasteiger partial charge in [-0.15, -0.1) is 0 Å². The molecule has 98 valence electrons. The third-order valence-electron chi connectivity index (χ3n) is 3.19. The summed E-state index contributed by atoms with van der Waals surface area (Å²) in [6.45, 7) is 2.36. The van der Waals surface area contributed by atoms with Crippen molar-refractivity contribution in [1.29, 1.82) is 0 Å². The van der Waals surface area contributed by atoms with Gasteiger partial charge in [0.15, 0.2) is 0 Å². The average Bonchev–Trinajstić information content (AvgIpc) is 2.84. The van der Waals surface area contributed by atoms with Crippen molar-refractivity contribution in [2.45, 2.75) is 38.6 Å². The molecule has 0 atom stereocenters. The number of nitrogens with one attached hydrogen (secondary N) is 1. The zero-order valence-electron chi connectivity index (χ0n) is 10.5. The molecule has 1 aliphatic carbocycles. The quantitative estimate of drug-likeness (QED) is 0.643. The largest absolute Gasteiger partial charge is 0.494 e. The highest BCUT2D eigenvalue weighted by Crippen LogP contribution is 2.32. The average molecular weight is 250 g/mol. The van der Waals surface area contributed by atoms with Crippen molar-refractivity contribution < 1.29 is 9.66 Å². The van der Waals surface area contributed by atoms with Gasteiger partial charge in [0.05, 0.1) is 17.6 Å². The van der Waals surface area contributed by atoms with Gasteiger partial charge >= 0.3 is 0 Å². The first-order valence-corrected chi connectivity index (χ1v) is 6.38. The van der Waals surface area contributed by atoms with Gasteiger partial charge in [-0.3, -0.25) is 10.1 Å². The van der Waals surface area contributed by atoms with Crippen LogP contribution in [0.15, 0.2) is 18.2 Å². The fourth-order valence-electron chi connectivity index (χ4n) is 2.33. The fourth-order valence-corrected chi connectivity index (χ4v) is 2.33. The van der Waals surface area contributed by atoms with E-state index in [1.54, 1.807) is 12.1 Å². The third-order valence-corrected chi connectivity index (χ3v) is 3.19. The topological polar surface area (TPSA) is 64.4 Å². The van der Waals surface area contributed by atoms with E-state index in [-0.39, 0.29) is 10.6 Å². The van der Waals surface area contributed by atoms with Gasteiger partial charge in [-0.25, -0.2) is 0 Å². The van der Waals surface area contributed by atoms with Crippen molar-refractivity contribution in [3.05, 3.63) is 28.3 Å². The number of nitro benzene ring substituents is 1. The Bertz CT molecular complexity index is 428. The van der Waals surface area contributed by atoms with Gasteiger partial charge in [-0.2, -0.15) is 0 Å². The molecule has 2 rings (SSSR count). The number of ether oxygens (including phenoxy) is 1.